The van der Waals surface area contributed by atoms with Gasteiger partial charge in [-0.3, -0.25) is 4.90 Å². The lowest BCUT2D eigenvalue weighted by Crippen LogP contribution is -2.44. The van der Waals surface area contributed by atoms with E-state index in [0.29, 0.717) is 18.8 Å². The maximum absolute atomic E-state index is 10.1. The van der Waals surface area contributed by atoms with E-state index in [-0.39, 0.29) is 6.10 Å². The largest absolute Gasteiger partial charge is 0.391 e. The average molecular weight is 275 g/mol. The molecule has 0 aromatic heterocycles. The number of nitrogens with zero attached hydrogens (tertiary/aromatic N) is 1. The van der Waals surface area contributed by atoms with Gasteiger partial charge in [-0.1, -0.05) is 43.2 Å². The molecule has 110 valence electrons. The van der Waals surface area contributed by atoms with E-state index in [9.17, 15) is 5.11 Å². The fraction of sp³-hybridized carbons (Fsp3) is 0.647. The zero-order chi connectivity index (χ0) is 13.8. The van der Waals surface area contributed by atoms with Gasteiger partial charge in [0.05, 0.1) is 18.8 Å². The zero-order valence-corrected chi connectivity index (χ0v) is 12.1. The third kappa shape index (κ3) is 3.40. The fourth-order valence-corrected chi connectivity index (χ4v) is 3.50. The quantitative estimate of drug-likeness (QED) is 0.916. The number of rotatable bonds is 4. The SMILES string of the molecule is OC1CCCCC1N1CCC(OCc2ccccc2)C1. The van der Waals surface area contributed by atoms with Crippen molar-refractivity contribution >= 4 is 0 Å². The van der Waals surface area contributed by atoms with Gasteiger partial charge in [-0.2, -0.15) is 0 Å². The Hall–Kier alpha value is -0.900. The van der Waals surface area contributed by atoms with Crippen LogP contribution in [0.5, 0.6) is 0 Å². The number of hydrogen-bond donors (Lipinski definition) is 1. The van der Waals surface area contributed by atoms with Crippen LogP contribution in [-0.4, -0.2) is 41.3 Å². The van der Waals surface area contributed by atoms with Crippen LogP contribution in [0.2, 0.25) is 0 Å². The predicted octanol–water partition coefficient (Wildman–Crippen LogP) is 2.58. The van der Waals surface area contributed by atoms with Crippen LogP contribution in [0.15, 0.2) is 30.3 Å². The lowest BCUT2D eigenvalue weighted by molar-refractivity contribution is 0.00967. The molecule has 3 unspecified atom stereocenters. The van der Waals surface area contributed by atoms with E-state index in [1.165, 1.54) is 18.4 Å². The van der Waals surface area contributed by atoms with Crippen LogP contribution in [-0.2, 0) is 11.3 Å². The van der Waals surface area contributed by atoms with E-state index in [0.717, 1.165) is 32.4 Å². The van der Waals surface area contributed by atoms with Crippen molar-refractivity contribution in [2.45, 2.75) is 57.0 Å². The van der Waals surface area contributed by atoms with Gasteiger partial charge in [0.25, 0.3) is 0 Å². The van der Waals surface area contributed by atoms with E-state index in [1.54, 1.807) is 0 Å². The first-order valence-electron chi connectivity index (χ1n) is 7.90. The Kier molecular flexibility index (Phi) is 4.71. The van der Waals surface area contributed by atoms with Crippen LogP contribution >= 0.6 is 0 Å². The van der Waals surface area contributed by atoms with Crippen LogP contribution < -0.4 is 0 Å². The van der Waals surface area contributed by atoms with Crippen molar-refractivity contribution in [1.82, 2.24) is 4.90 Å². The molecule has 20 heavy (non-hydrogen) atoms. The van der Waals surface area contributed by atoms with E-state index >= 15 is 0 Å². The van der Waals surface area contributed by atoms with Crippen molar-refractivity contribution in [2.75, 3.05) is 13.1 Å². The monoisotopic (exact) mass is 275 g/mol. The van der Waals surface area contributed by atoms with E-state index in [2.05, 4.69) is 29.2 Å². The second-order valence-corrected chi connectivity index (χ2v) is 6.12. The molecule has 0 radical (unpaired) electrons. The van der Waals surface area contributed by atoms with Gasteiger partial charge in [0.15, 0.2) is 0 Å². The molecule has 1 saturated carbocycles. The molecule has 1 aromatic rings. The molecule has 3 rings (SSSR count). The smallest absolute Gasteiger partial charge is 0.0721 e. The third-order valence-corrected chi connectivity index (χ3v) is 4.67. The maximum atomic E-state index is 10.1. The van der Waals surface area contributed by atoms with Crippen molar-refractivity contribution in [3.05, 3.63) is 35.9 Å². The van der Waals surface area contributed by atoms with Crippen molar-refractivity contribution in [1.29, 1.82) is 0 Å². The van der Waals surface area contributed by atoms with Gasteiger partial charge in [-0.15, -0.1) is 0 Å². The molecule has 1 aliphatic carbocycles. The molecule has 1 N–H and O–H groups in total. The van der Waals surface area contributed by atoms with Crippen LogP contribution in [0, 0.1) is 0 Å². The summed E-state index contributed by atoms with van der Waals surface area (Å²) in [6, 6.07) is 10.7. The van der Waals surface area contributed by atoms with Gasteiger partial charge in [0.2, 0.25) is 0 Å². The van der Waals surface area contributed by atoms with Gasteiger partial charge < -0.3 is 9.84 Å². The lowest BCUT2D eigenvalue weighted by Gasteiger charge is -2.35. The summed E-state index contributed by atoms with van der Waals surface area (Å²) in [7, 11) is 0. The third-order valence-electron chi connectivity index (χ3n) is 4.67. The van der Waals surface area contributed by atoms with Crippen molar-refractivity contribution < 1.29 is 9.84 Å². The maximum Gasteiger partial charge on any atom is 0.0721 e. The first-order valence-corrected chi connectivity index (χ1v) is 7.90. The average Bonchev–Trinajstić information content (AvgIpc) is 2.95. The Morgan fingerprint density at radius 3 is 2.70 bits per heavy atom. The van der Waals surface area contributed by atoms with Crippen molar-refractivity contribution in [3.63, 3.8) is 0 Å². The summed E-state index contributed by atoms with van der Waals surface area (Å²) >= 11 is 0. The molecule has 0 bridgehead atoms. The number of benzene rings is 1. The highest BCUT2D eigenvalue weighted by Gasteiger charge is 2.33. The molecular weight excluding hydrogens is 250 g/mol. The highest BCUT2D eigenvalue weighted by Crippen LogP contribution is 2.27. The minimum Gasteiger partial charge on any atom is -0.391 e. The molecule has 3 nitrogen and oxygen atoms in total. The molecule has 1 heterocycles. The molecular formula is C17H25NO2. The van der Waals surface area contributed by atoms with Crippen molar-refractivity contribution in [3.8, 4) is 0 Å². The summed E-state index contributed by atoms with van der Waals surface area (Å²) in [6.07, 6.45) is 5.84. The minimum absolute atomic E-state index is 0.128. The van der Waals surface area contributed by atoms with Gasteiger partial charge in [-0.25, -0.2) is 0 Å². The number of ether oxygens (including phenoxy) is 1. The van der Waals surface area contributed by atoms with Gasteiger partial charge in [0, 0.05) is 19.1 Å². The first kappa shape index (κ1) is 14.1. The summed E-state index contributed by atoms with van der Waals surface area (Å²) in [4.78, 5) is 2.44. The Bertz CT molecular complexity index is 409. The predicted molar refractivity (Wildman–Crippen MR) is 79.5 cm³/mol. The highest BCUT2D eigenvalue weighted by molar-refractivity contribution is 5.13. The second-order valence-electron chi connectivity index (χ2n) is 6.12. The van der Waals surface area contributed by atoms with Gasteiger partial charge in [-0.05, 0) is 24.8 Å². The van der Waals surface area contributed by atoms with Crippen LogP contribution in [0.1, 0.15) is 37.7 Å². The Labute approximate surface area is 121 Å². The first-order chi connectivity index (χ1) is 9.83. The van der Waals surface area contributed by atoms with Crippen LogP contribution in [0.4, 0.5) is 0 Å². The molecule has 0 amide bonds. The number of hydrogen-bond acceptors (Lipinski definition) is 3. The zero-order valence-electron chi connectivity index (χ0n) is 12.1. The molecule has 1 saturated heterocycles. The molecule has 2 aliphatic rings. The summed E-state index contributed by atoms with van der Waals surface area (Å²) < 4.78 is 6.02. The standard InChI is InChI=1S/C17H25NO2/c19-17-9-5-4-8-16(17)18-11-10-15(12-18)20-13-14-6-2-1-3-7-14/h1-3,6-7,15-17,19H,4-5,8-13H2. The number of aliphatic hydroxyl groups is 1. The van der Waals surface area contributed by atoms with E-state index in [1.807, 2.05) is 6.07 Å². The van der Waals surface area contributed by atoms with Crippen LogP contribution in [0.25, 0.3) is 0 Å². The molecule has 3 heteroatoms. The molecule has 0 spiro atoms. The van der Waals surface area contributed by atoms with Gasteiger partial charge in [0.1, 0.15) is 0 Å². The lowest BCUT2D eigenvalue weighted by atomic mass is 9.91. The number of aliphatic hydroxyl groups excluding tert-OH is 1. The Morgan fingerprint density at radius 2 is 1.90 bits per heavy atom. The highest BCUT2D eigenvalue weighted by atomic mass is 16.5. The van der Waals surface area contributed by atoms with Crippen molar-refractivity contribution in [2.24, 2.45) is 0 Å². The Balaban J connectivity index is 1.47. The molecule has 1 aromatic carbocycles. The minimum atomic E-state index is -0.128. The van der Waals surface area contributed by atoms with Crippen LogP contribution in [0.3, 0.4) is 0 Å². The Morgan fingerprint density at radius 1 is 1.10 bits per heavy atom. The molecule has 2 fully saturated rings. The van der Waals surface area contributed by atoms with E-state index in [4.69, 9.17) is 4.74 Å². The topological polar surface area (TPSA) is 32.7 Å². The number of likely N-dealkylation sites (tertiary alicyclic amines) is 1. The normalized spacial score (nSPS) is 31.6. The molecule has 3 atom stereocenters. The van der Waals surface area contributed by atoms with Gasteiger partial charge >= 0.3 is 0 Å². The molecule has 1 aliphatic heterocycles. The summed E-state index contributed by atoms with van der Waals surface area (Å²) in [5.41, 5.74) is 1.24. The summed E-state index contributed by atoms with van der Waals surface area (Å²) in [5.74, 6) is 0. The summed E-state index contributed by atoms with van der Waals surface area (Å²) in [5, 5.41) is 10.1. The fourth-order valence-electron chi connectivity index (χ4n) is 3.50. The second kappa shape index (κ2) is 6.70. The summed E-state index contributed by atoms with van der Waals surface area (Å²) in [6.45, 7) is 2.75. The van der Waals surface area contributed by atoms with E-state index < -0.39 is 0 Å².